The lowest BCUT2D eigenvalue weighted by Crippen LogP contribution is -2.32. The average Bonchev–Trinajstić information content (AvgIpc) is 2.47. The molecule has 2 unspecified atom stereocenters. The lowest BCUT2D eigenvalue weighted by molar-refractivity contribution is 0.454. The van der Waals surface area contributed by atoms with Gasteiger partial charge in [-0.15, -0.1) is 0 Å². The van der Waals surface area contributed by atoms with E-state index in [1.54, 1.807) is 0 Å². The number of hydrogen-bond acceptors (Lipinski definition) is 1. The van der Waals surface area contributed by atoms with Crippen LogP contribution >= 0.6 is 0 Å². The maximum atomic E-state index is 3.86. The second-order valence-electron chi connectivity index (χ2n) is 6.66. The highest BCUT2D eigenvalue weighted by molar-refractivity contribution is 5.18. The highest BCUT2D eigenvalue weighted by Gasteiger charge is 2.64. The van der Waals surface area contributed by atoms with Crippen molar-refractivity contribution in [2.45, 2.75) is 66.0 Å². The van der Waals surface area contributed by atoms with Gasteiger partial charge in [0.15, 0.2) is 0 Å². The van der Waals surface area contributed by atoms with E-state index in [4.69, 9.17) is 0 Å². The Kier molecular flexibility index (Phi) is 2.23. The summed E-state index contributed by atoms with van der Waals surface area (Å²) in [5.74, 6) is 0.942. The molecule has 0 aromatic heterocycles. The van der Waals surface area contributed by atoms with Crippen molar-refractivity contribution in [1.82, 2.24) is 5.32 Å². The highest BCUT2D eigenvalue weighted by Crippen LogP contribution is 2.63. The van der Waals surface area contributed by atoms with E-state index < -0.39 is 0 Å². The van der Waals surface area contributed by atoms with Crippen molar-refractivity contribution in [3.05, 3.63) is 0 Å². The largest absolute Gasteiger partial charge is 0.310 e. The van der Waals surface area contributed by atoms with Gasteiger partial charge in [-0.2, -0.15) is 0 Å². The molecule has 0 aromatic rings. The molecule has 82 valence electrons. The van der Waals surface area contributed by atoms with Crippen LogP contribution in [0, 0.1) is 16.7 Å². The van der Waals surface area contributed by atoms with E-state index in [1.165, 1.54) is 19.3 Å². The molecule has 0 heterocycles. The Bertz CT molecular complexity index is 215. The topological polar surface area (TPSA) is 12.0 Å². The number of rotatable bonds is 2. The van der Waals surface area contributed by atoms with E-state index in [0.29, 0.717) is 10.8 Å². The van der Waals surface area contributed by atoms with Crippen LogP contribution in [-0.2, 0) is 0 Å². The summed E-state index contributed by atoms with van der Waals surface area (Å²) in [5.41, 5.74) is 0.998. The first-order valence-corrected chi connectivity index (χ1v) is 6.12. The summed E-state index contributed by atoms with van der Waals surface area (Å²) in [7, 11) is 0. The van der Waals surface area contributed by atoms with E-state index >= 15 is 0 Å². The van der Waals surface area contributed by atoms with Gasteiger partial charge in [-0.3, -0.25) is 0 Å². The van der Waals surface area contributed by atoms with Crippen molar-refractivity contribution in [3.8, 4) is 0 Å². The van der Waals surface area contributed by atoms with Crippen molar-refractivity contribution in [2.75, 3.05) is 0 Å². The summed E-state index contributed by atoms with van der Waals surface area (Å²) in [6, 6.07) is 1.54. The second kappa shape index (κ2) is 2.98. The highest BCUT2D eigenvalue weighted by atomic mass is 15.1. The third kappa shape index (κ3) is 1.41. The van der Waals surface area contributed by atoms with Crippen LogP contribution in [0.5, 0.6) is 0 Å². The van der Waals surface area contributed by atoms with Gasteiger partial charge < -0.3 is 5.32 Å². The summed E-state index contributed by atoms with van der Waals surface area (Å²) in [4.78, 5) is 0. The smallest absolute Gasteiger partial charge is 0.0183 e. The van der Waals surface area contributed by atoms with Gasteiger partial charge in [0.05, 0.1) is 0 Å². The molecular weight excluding hydrogens is 170 g/mol. The minimum absolute atomic E-state index is 0.499. The Morgan fingerprint density at radius 2 is 1.57 bits per heavy atom. The second-order valence-corrected chi connectivity index (χ2v) is 6.66. The molecule has 14 heavy (non-hydrogen) atoms. The van der Waals surface area contributed by atoms with Crippen LogP contribution in [0.25, 0.3) is 0 Å². The summed E-state index contributed by atoms with van der Waals surface area (Å²) in [6.07, 6.45) is 4.21. The van der Waals surface area contributed by atoms with Gasteiger partial charge in [0.25, 0.3) is 0 Å². The van der Waals surface area contributed by atoms with E-state index in [9.17, 15) is 0 Å². The van der Waals surface area contributed by atoms with Crippen molar-refractivity contribution < 1.29 is 0 Å². The van der Waals surface area contributed by atoms with Crippen molar-refractivity contribution >= 4 is 0 Å². The summed E-state index contributed by atoms with van der Waals surface area (Å²) in [5, 5.41) is 3.86. The van der Waals surface area contributed by atoms with Crippen LogP contribution in [0.15, 0.2) is 0 Å². The molecule has 2 saturated carbocycles. The predicted octanol–water partition coefficient (Wildman–Crippen LogP) is 3.20. The predicted molar refractivity (Wildman–Crippen MR) is 61.3 cm³/mol. The van der Waals surface area contributed by atoms with Crippen LogP contribution in [0.3, 0.4) is 0 Å². The zero-order valence-electron chi connectivity index (χ0n) is 10.4. The molecule has 0 saturated heterocycles. The molecule has 0 amide bonds. The zero-order valence-corrected chi connectivity index (χ0v) is 10.4. The lowest BCUT2D eigenvalue weighted by atomic mass is 10.0. The molecule has 1 heteroatoms. The van der Waals surface area contributed by atoms with Crippen LogP contribution in [0.1, 0.15) is 53.9 Å². The van der Waals surface area contributed by atoms with Crippen LogP contribution in [0.4, 0.5) is 0 Å². The molecule has 0 spiro atoms. The van der Waals surface area contributed by atoms with E-state index in [1.807, 2.05) is 0 Å². The molecule has 0 aromatic carbocycles. The average molecular weight is 195 g/mol. The van der Waals surface area contributed by atoms with Gasteiger partial charge in [-0.1, -0.05) is 34.6 Å². The quantitative estimate of drug-likeness (QED) is 0.713. The Hall–Kier alpha value is -0.0400. The summed E-state index contributed by atoms with van der Waals surface area (Å²) < 4.78 is 0. The van der Waals surface area contributed by atoms with Crippen LogP contribution in [-0.4, -0.2) is 12.1 Å². The van der Waals surface area contributed by atoms with Gasteiger partial charge in [-0.05, 0) is 36.0 Å². The van der Waals surface area contributed by atoms with Gasteiger partial charge in [0.1, 0.15) is 0 Å². The third-order valence-electron chi connectivity index (χ3n) is 5.12. The monoisotopic (exact) mass is 195 g/mol. The lowest BCUT2D eigenvalue weighted by Gasteiger charge is -2.14. The third-order valence-corrected chi connectivity index (χ3v) is 5.12. The fourth-order valence-electron chi connectivity index (χ4n) is 3.21. The summed E-state index contributed by atoms with van der Waals surface area (Å²) in [6.45, 7) is 11.9. The normalized spacial score (nSPS) is 40.1. The molecule has 2 fully saturated rings. The summed E-state index contributed by atoms with van der Waals surface area (Å²) >= 11 is 0. The molecule has 1 nitrogen and oxygen atoms in total. The van der Waals surface area contributed by atoms with Gasteiger partial charge in [0.2, 0.25) is 0 Å². The SMILES string of the molecule is CC1CCC(NC2C(C)(C)C2(C)C)C1. The molecule has 2 atom stereocenters. The van der Waals surface area contributed by atoms with E-state index in [0.717, 1.165) is 18.0 Å². The maximum absolute atomic E-state index is 3.86. The van der Waals surface area contributed by atoms with Gasteiger partial charge >= 0.3 is 0 Å². The molecule has 2 aliphatic carbocycles. The molecule has 0 radical (unpaired) electrons. The maximum Gasteiger partial charge on any atom is 0.0183 e. The van der Waals surface area contributed by atoms with Crippen molar-refractivity contribution in [2.24, 2.45) is 16.7 Å². The van der Waals surface area contributed by atoms with Crippen molar-refractivity contribution in [1.29, 1.82) is 0 Å². The van der Waals surface area contributed by atoms with Crippen molar-refractivity contribution in [3.63, 3.8) is 0 Å². The fraction of sp³-hybridized carbons (Fsp3) is 1.00. The minimum Gasteiger partial charge on any atom is -0.310 e. The Morgan fingerprint density at radius 1 is 1.00 bits per heavy atom. The van der Waals surface area contributed by atoms with E-state index in [-0.39, 0.29) is 0 Å². The molecular formula is C13H25N. The number of nitrogens with one attached hydrogen (secondary N) is 1. The molecule has 2 aliphatic rings. The first kappa shape index (κ1) is 10.5. The molecule has 0 aliphatic heterocycles. The minimum atomic E-state index is 0.499. The van der Waals surface area contributed by atoms with E-state index in [2.05, 4.69) is 39.9 Å². The first-order valence-electron chi connectivity index (χ1n) is 6.12. The molecule has 0 bridgehead atoms. The van der Waals surface area contributed by atoms with Gasteiger partial charge in [-0.25, -0.2) is 0 Å². The number of hydrogen-bond donors (Lipinski definition) is 1. The van der Waals surface area contributed by atoms with Crippen LogP contribution in [0.2, 0.25) is 0 Å². The standard InChI is InChI=1S/C13H25N/c1-9-6-7-10(8-9)14-11-12(2,3)13(11,4)5/h9-11,14H,6-8H2,1-5H3. The fourth-order valence-corrected chi connectivity index (χ4v) is 3.21. The Labute approximate surface area is 88.7 Å². The first-order chi connectivity index (χ1) is 6.35. The Morgan fingerprint density at radius 3 is 1.93 bits per heavy atom. The van der Waals surface area contributed by atoms with Crippen LogP contribution < -0.4 is 5.32 Å². The zero-order chi connectivity index (χ0) is 10.6. The van der Waals surface area contributed by atoms with Gasteiger partial charge in [0, 0.05) is 12.1 Å². The molecule has 1 N–H and O–H groups in total. The Balaban J connectivity index is 1.89. The molecule has 2 rings (SSSR count).